The Labute approximate surface area is 102 Å². The van der Waals surface area contributed by atoms with Crippen LogP contribution in [-0.4, -0.2) is 34.0 Å². The minimum atomic E-state index is -0.671. The number of imide groups is 1. The third-order valence-electron chi connectivity index (χ3n) is 4.66. The molecule has 2 aliphatic rings. The normalized spacial score (nSPS) is 29.0. The Hall–Kier alpha value is -0.900. The Morgan fingerprint density at radius 3 is 2.00 bits per heavy atom. The first-order chi connectivity index (χ1) is 8.09. The molecule has 4 nitrogen and oxygen atoms in total. The Bertz CT molecular complexity index is 305. The van der Waals surface area contributed by atoms with E-state index in [0.717, 1.165) is 19.3 Å². The molecule has 1 saturated carbocycles. The van der Waals surface area contributed by atoms with E-state index in [1.54, 1.807) is 0 Å². The minimum absolute atomic E-state index is 0.0155. The molecule has 0 spiro atoms. The summed E-state index contributed by atoms with van der Waals surface area (Å²) in [6, 6.07) is 0. The van der Waals surface area contributed by atoms with Gasteiger partial charge in [0.1, 0.15) is 0 Å². The van der Waals surface area contributed by atoms with Gasteiger partial charge >= 0.3 is 0 Å². The minimum Gasteiger partial charge on any atom is -0.394 e. The molecule has 0 aromatic heterocycles. The van der Waals surface area contributed by atoms with Gasteiger partial charge in [0.15, 0.2) is 0 Å². The molecule has 0 radical (unpaired) electrons. The van der Waals surface area contributed by atoms with Gasteiger partial charge in [-0.2, -0.15) is 0 Å². The summed E-state index contributed by atoms with van der Waals surface area (Å²) < 4.78 is 0. The highest BCUT2D eigenvalue weighted by molar-refractivity contribution is 6.01. The van der Waals surface area contributed by atoms with Crippen LogP contribution in [0.5, 0.6) is 0 Å². The Balaban J connectivity index is 2.35. The van der Waals surface area contributed by atoms with Crippen molar-refractivity contribution in [3.63, 3.8) is 0 Å². The molecule has 0 aromatic carbocycles. The number of rotatable bonds is 4. The molecule has 1 aliphatic heterocycles. The quantitative estimate of drug-likeness (QED) is 0.753. The van der Waals surface area contributed by atoms with Crippen LogP contribution in [0.4, 0.5) is 0 Å². The van der Waals surface area contributed by atoms with Crippen LogP contribution in [-0.2, 0) is 9.59 Å². The van der Waals surface area contributed by atoms with Gasteiger partial charge in [0, 0.05) is 11.8 Å². The van der Waals surface area contributed by atoms with Gasteiger partial charge in [-0.1, -0.05) is 13.8 Å². The molecule has 4 heteroatoms. The zero-order valence-electron chi connectivity index (χ0n) is 10.6. The fraction of sp³-hybridized carbons (Fsp3) is 0.846. The van der Waals surface area contributed by atoms with Crippen molar-refractivity contribution in [3.8, 4) is 0 Å². The van der Waals surface area contributed by atoms with Crippen LogP contribution in [0.25, 0.3) is 0 Å². The van der Waals surface area contributed by atoms with Crippen molar-refractivity contribution in [2.45, 2.75) is 51.5 Å². The topological polar surface area (TPSA) is 57.6 Å². The van der Waals surface area contributed by atoms with Gasteiger partial charge < -0.3 is 5.11 Å². The summed E-state index contributed by atoms with van der Waals surface area (Å²) in [4.78, 5) is 26.0. The average Bonchev–Trinajstić information content (AvgIpc) is 2.80. The lowest BCUT2D eigenvalue weighted by atomic mass is 9.86. The summed E-state index contributed by atoms with van der Waals surface area (Å²) in [6.45, 7) is 3.73. The molecule has 2 fully saturated rings. The molecular formula is C13H21NO3. The number of hydrogen-bond acceptors (Lipinski definition) is 3. The number of carbonyl (C=O) groups is 2. The number of likely N-dealkylation sites (tertiary alicyclic amines) is 1. The van der Waals surface area contributed by atoms with Crippen molar-refractivity contribution in [2.75, 3.05) is 6.61 Å². The second kappa shape index (κ2) is 4.41. The van der Waals surface area contributed by atoms with Crippen LogP contribution < -0.4 is 0 Å². The molecule has 2 bridgehead atoms. The molecule has 17 heavy (non-hydrogen) atoms. The fourth-order valence-corrected chi connectivity index (χ4v) is 3.23. The van der Waals surface area contributed by atoms with Gasteiger partial charge in [-0.3, -0.25) is 14.5 Å². The van der Waals surface area contributed by atoms with Gasteiger partial charge in [0.25, 0.3) is 0 Å². The van der Waals surface area contributed by atoms with E-state index in [-0.39, 0.29) is 30.3 Å². The molecule has 1 N–H and O–H groups in total. The maximum absolute atomic E-state index is 12.3. The highest BCUT2D eigenvalue weighted by atomic mass is 16.3. The summed E-state index contributed by atoms with van der Waals surface area (Å²) in [6.07, 6.45) is 3.64. The van der Waals surface area contributed by atoms with Crippen molar-refractivity contribution < 1.29 is 14.7 Å². The lowest BCUT2D eigenvalue weighted by Crippen LogP contribution is -2.60. The number of amides is 2. The van der Waals surface area contributed by atoms with Crippen LogP contribution in [0.1, 0.15) is 46.0 Å². The number of piperidine rings is 1. The van der Waals surface area contributed by atoms with Crippen molar-refractivity contribution in [2.24, 2.45) is 11.8 Å². The highest BCUT2D eigenvalue weighted by Gasteiger charge is 2.51. The van der Waals surface area contributed by atoms with Crippen LogP contribution in [0.3, 0.4) is 0 Å². The summed E-state index contributed by atoms with van der Waals surface area (Å²) in [5.74, 6) is -0.0774. The Morgan fingerprint density at radius 2 is 1.65 bits per heavy atom. The lowest BCUT2D eigenvalue weighted by molar-refractivity contribution is -0.163. The largest absolute Gasteiger partial charge is 0.394 e. The number of fused-ring (bicyclic) bond motifs is 2. The smallest absolute Gasteiger partial charge is 0.232 e. The predicted octanol–water partition coefficient (Wildman–Crippen LogP) is 1.32. The second-order valence-electron chi connectivity index (χ2n) is 5.31. The molecule has 0 aromatic rings. The Morgan fingerprint density at radius 1 is 1.18 bits per heavy atom. The van der Waals surface area contributed by atoms with Crippen LogP contribution in [0.15, 0.2) is 0 Å². The van der Waals surface area contributed by atoms with Crippen molar-refractivity contribution >= 4 is 11.8 Å². The number of hydrogen-bond donors (Lipinski definition) is 1. The van der Waals surface area contributed by atoms with Crippen molar-refractivity contribution in [1.29, 1.82) is 0 Å². The molecule has 1 saturated heterocycles. The Kier molecular flexibility index (Phi) is 3.25. The number of aliphatic hydroxyl groups is 1. The number of aliphatic hydroxyl groups excluding tert-OH is 1. The standard InChI is InChI=1S/C13H21NO3/c1-3-13(4-2,8-15)14-11(16)9-5-6-10(7-9)12(14)17/h9-10,15H,3-8H2,1-2H3. The van der Waals surface area contributed by atoms with Crippen molar-refractivity contribution in [1.82, 2.24) is 4.90 Å². The molecule has 2 unspecified atom stereocenters. The zero-order chi connectivity index (χ0) is 12.6. The summed E-state index contributed by atoms with van der Waals surface area (Å²) >= 11 is 0. The summed E-state index contributed by atoms with van der Waals surface area (Å²) in [5.41, 5.74) is -0.671. The average molecular weight is 239 g/mol. The molecule has 96 valence electrons. The fourth-order valence-electron chi connectivity index (χ4n) is 3.23. The summed E-state index contributed by atoms with van der Waals surface area (Å²) in [7, 11) is 0. The monoisotopic (exact) mass is 239 g/mol. The van der Waals surface area contributed by atoms with Gasteiger partial charge in [0.2, 0.25) is 11.8 Å². The number of carbonyl (C=O) groups excluding carboxylic acids is 2. The van der Waals surface area contributed by atoms with Crippen LogP contribution >= 0.6 is 0 Å². The maximum atomic E-state index is 12.3. The molecule has 2 atom stereocenters. The first-order valence-electron chi connectivity index (χ1n) is 6.58. The van der Waals surface area contributed by atoms with E-state index in [1.165, 1.54) is 4.90 Å². The number of nitrogens with zero attached hydrogens (tertiary/aromatic N) is 1. The molecule has 1 aliphatic carbocycles. The molecule has 1 heterocycles. The van der Waals surface area contributed by atoms with Crippen molar-refractivity contribution in [3.05, 3.63) is 0 Å². The van der Waals surface area contributed by atoms with E-state index >= 15 is 0 Å². The molecular weight excluding hydrogens is 218 g/mol. The predicted molar refractivity (Wildman–Crippen MR) is 63.1 cm³/mol. The van der Waals surface area contributed by atoms with Gasteiger partial charge in [-0.15, -0.1) is 0 Å². The maximum Gasteiger partial charge on any atom is 0.232 e. The van der Waals surface area contributed by atoms with E-state index in [2.05, 4.69) is 0 Å². The van der Waals surface area contributed by atoms with Gasteiger partial charge in [-0.25, -0.2) is 0 Å². The van der Waals surface area contributed by atoms with Gasteiger partial charge in [0.05, 0.1) is 12.1 Å². The van der Waals surface area contributed by atoms with E-state index in [4.69, 9.17) is 0 Å². The van der Waals surface area contributed by atoms with E-state index in [0.29, 0.717) is 12.8 Å². The molecule has 2 amide bonds. The SMILES string of the molecule is CCC(CC)(CO)N1C(=O)C2CCC(C2)C1=O. The zero-order valence-corrected chi connectivity index (χ0v) is 10.6. The van der Waals surface area contributed by atoms with Crippen LogP contribution in [0, 0.1) is 11.8 Å². The molecule has 2 rings (SSSR count). The van der Waals surface area contributed by atoms with E-state index in [1.807, 2.05) is 13.8 Å². The highest BCUT2D eigenvalue weighted by Crippen LogP contribution is 2.42. The van der Waals surface area contributed by atoms with Crippen LogP contribution in [0.2, 0.25) is 0 Å². The van der Waals surface area contributed by atoms with E-state index < -0.39 is 5.54 Å². The second-order valence-corrected chi connectivity index (χ2v) is 5.31. The summed E-state index contributed by atoms with van der Waals surface area (Å²) in [5, 5.41) is 9.61. The van der Waals surface area contributed by atoms with Gasteiger partial charge in [-0.05, 0) is 32.1 Å². The third kappa shape index (κ3) is 1.69. The van der Waals surface area contributed by atoms with E-state index in [9.17, 15) is 14.7 Å². The first kappa shape index (κ1) is 12.6. The first-order valence-corrected chi connectivity index (χ1v) is 6.58. The third-order valence-corrected chi connectivity index (χ3v) is 4.66. The lowest BCUT2D eigenvalue weighted by Gasteiger charge is -2.44.